The number of hydrogen-bond donors (Lipinski definition) is 0. The zero-order valence-corrected chi connectivity index (χ0v) is 10.00. The monoisotopic (exact) mass is 281 g/mol. The summed E-state index contributed by atoms with van der Waals surface area (Å²) in [7, 11) is 0. The predicted octanol–water partition coefficient (Wildman–Crippen LogP) is 2.57. The van der Waals surface area contributed by atoms with E-state index in [9.17, 15) is 9.18 Å². The lowest BCUT2D eigenvalue weighted by Crippen LogP contribution is -2.25. The number of rotatable bonds is 1. The van der Waals surface area contributed by atoms with Gasteiger partial charge >= 0.3 is 0 Å². The van der Waals surface area contributed by atoms with E-state index in [-0.39, 0.29) is 17.5 Å². The van der Waals surface area contributed by atoms with Crippen LogP contribution in [0.5, 0.6) is 0 Å². The Labute approximate surface area is 102 Å². The van der Waals surface area contributed by atoms with Crippen LogP contribution in [0.25, 0.3) is 0 Å². The van der Waals surface area contributed by atoms with Gasteiger partial charge in [-0.2, -0.15) is 0 Å². The molecule has 1 unspecified atom stereocenters. The molecule has 4 heteroatoms. The summed E-state index contributed by atoms with van der Waals surface area (Å²) in [6.45, 7) is 0.392. The van der Waals surface area contributed by atoms with Gasteiger partial charge in [0.15, 0.2) is 5.82 Å². The summed E-state index contributed by atoms with van der Waals surface area (Å²) >= 11 is 3.09. The second-order valence-corrected chi connectivity index (χ2v) is 4.50. The van der Waals surface area contributed by atoms with Crippen molar-refractivity contribution in [2.75, 3.05) is 11.4 Å². The number of terminal acetylenes is 1. The molecule has 0 radical (unpaired) electrons. The Morgan fingerprint density at radius 3 is 2.94 bits per heavy atom. The van der Waals surface area contributed by atoms with Crippen LogP contribution < -0.4 is 4.90 Å². The summed E-state index contributed by atoms with van der Waals surface area (Å²) in [5, 5.41) is 0. The number of carbonyl (C=O) groups excluding carboxylic acids is 1. The summed E-state index contributed by atoms with van der Waals surface area (Å²) in [5.41, 5.74) is 0.289. The normalized spacial score (nSPS) is 19.9. The van der Waals surface area contributed by atoms with Gasteiger partial charge in [-0.05, 0) is 28.1 Å². The molecule has 1 aliphatic heterocycles. The Bertz CT molecular complexity index is 480. The molecule has 0 bridgehead atoms. The van der Waals surface area contributed by atoms with Crippen molar-refractivity contribution in [2.45, 2.75) is 6.42 Å². The van der Waals surface area contributed by atoms with E-state index >= 15 is 0 Å². The first-order valence-electron chi connectivity index (χ1n) is 4.84. The van der Waals surface area contributed by atoms with Crippen LogP contribution in [0.15, 0.2) is 22.7 Å². The second-order valence-electron chi connectivity index (χ2n) is 3.65. The van der Waals surface area contributed by atoms with Gasteiger partial charge in [0.1, 0.15) is 0 Å². The first kappa shape index (κ1) is 11.2. The smallest absolute Gasteiger partial charge is 0.228 e. The van der Waals surface area contributed by atoms with Crippen LogP contribution in [0.1, 0.15) is 6.42 Å². The maximum Gasteiger partial charge on any atom is 0.228 e. The molecule has 0 aromatic heterocycles. The van der Waals surface area contributed by atoms with Crippen molar-refractivity contribution in [3.63, 3.8) is 0 Å². The van der Waals surface area contributed by atoms with E-state index in [4.69, 9.17) is 6.42 Å². The third-order valence-corrected chi connectivity index (χ3v) is 3.20. The van der Waals surface area contributed by atoms with E-state index in [0.29, 0.717) is 17.4 Å². The van der Waals surface area contributed by atoms with Crippen molar-refractivity contribution >= 4 is 27.5 Å². The SMILES string of the molecule is C#CC1CC(=O)N(c2cccc(Br)c2F)C1. The van der Waals surface area contributed by atoms with E-state index in [0.717, 1.165) is 0 Å². The minimum atomic E-state index is -0.423. The van der Waals surface area contributed by atoms with Crippen LogP contribution >= 0.6 is 15.9 Å². The van der Waals surface area contributed by atoms with Crippen LogP contribution in [0.3, 0.4) is 0 Å². The summed E-state index contributed by atoms with van der Waals surface area (Å²) in [6.07, 6.45) is 5.57. The second kappa shape index (κ2) is 4.26. The third-order valence-electron chi connectivity index (χ3n) is 2.58. The lowest BCUT2D eigenvalue weighted by atomic mass is 10.1. The van der Waals surface area contributed by atoms with Gasteiger partial charge < -0.3 is 4.90 Å². The molecule has 0 spiro atoms. The van der Waals surface area contributed by atoms with Crippen LogP contribution in [0, 0.1) is 24.1 Å². The Hall–Kier alpha value is -1.34. The molecule has 16 heavy (non-hydrogen) atoms. The van der Waals surface area contributed by atoms with Crippen molar-refractivity contribution in [1.82, 2.24) is 0 Å². The minimum absolute atomic E-state index is 0.120. The Morgan fingerprint density at radius 2 is 2.31 bits per heavy atom. The average molecular weight is 282 g/mol. The summed E-state index contributed by atoms with van der Waals surface area (Å²) in [5.74, 6) is 1.86. The molecule has 0 aliphatic carbocycles. The zero-order valence-electron chi connectivity index (χ0n) is 8.41. The van der Waals surface area contributed by atoms with Crippen molar-refractivity contribution in [2.24, 2.45) is 5.92 Å². The van der Waals surface area contributed by atoms with E-state index in [2.05, 4.69) is 21.9 Å². The summed E-state index contributed by atoms with van der Waals surface area (Å²) in [4.78, 5) is 13.1. The Kier molecular flexibility index (Phi) is 2.97. The number of nitrogens with zero attached hydrogens (tertiary/aromatic N) is 1. The molecule has 0 N–H and O–H groups in total. The van der Waals surface area contributed by atoms with Gasteiger partial charge in [-0.1, -0.05) is 6.07 Å². The standard InChI is InChI=1S/C12H9BrFNO/c1-2-8-6-11(16)15(7-8)10-5-3-4-9(13)12(10)14/h1,3-5,8H,6-7H2. The molecule has 1 fully saturated rings. The highest BCUT2D eigenvalue weighted by Crippen LogP contribution is 2.30. The fraction of sp³-hybridized carbons (Fsp3) is 0.250. The fourth-order valence-corrected chi connectivity index (χ4v) is 2.11. The maximum absolute atomic E-state index is 13.8. The predicted molar refractivity (Wildman–Crippen MR) is 63.4 cm³/mol. The first-order chi connectivity index (χ1) is 7.63. The molecule has 1 aromatic carbocycles. The quantitative estimate of drug-likeness (QED) is 0.725. The van der Waals surface area contributed by atoms with E-state index in [1.165, 1.54) is 4.90 Å². The molecule has 0 saturated carbocycles. The topological polar surface area (TPSA) is 20.3 Å². The van der Waals surface area contributed by atoms with Crippen LogP contribution in [0.4, 0.5) is 10.1 Å². The lowest BCUT2D eigenvalue weighted by molar-refractivity contribution is -0.117. The highest BCUT2D eigenvalue weighted by molar-refractivity contribution is 9.10. The number of hydrogen-bond acceptors (Lipinski definition) is 1. The molecule has 1 atom stereocenters. The lowest BCUT2D eigenvalue weighted by Gasteiger charge is -2.17. The van der Waals surface area contributed by atoms with E-state index in [1.54, 1.807) is 18.2 Å². The van der Waals surface area contributed by atoms with Gasteiger partial charge in [0.2, 0.25) is 5.91 Å². The zero-order chi connectivity index (χ0) is 11.7. The molecule has 1 saturated heterocycles. The van der Waals surface area contributed by atoms with E-state index < -0.39 is 5.82 Å². The number of halogens is 2. The van der Waals surface area contributed by atoms with Gasteiger partial charge in [-0.15, -0.1) is 12.3 Å². The first-order valence-corrected chi connectivity index (χ1v) is 5.63. The van der Waals surface area contributed by atoms with Gasteiger partial charge in [0.05, 0.1) is 10.2 Å². The van der Waals surface area contributed by atoms with Crippen LogP contribution in [-0.4, -0.2) is 12.5 Å². The Morgan fingerprint density at radius 1 is 1.56 bits per heavy atom. The fourth-order valence-electron chi connectivity index (χ4n) is 1.75. The van der Waals surface area contributed by atoms with Crippen molar-refractivity contribution < 1.29 is 9.18 Å². The Balaban J connectivity index is 2.36. The molecule has 1 aliphatic rings. The maximum atomic E-state index is 13.8. The molecular weight excluding hydrogens is 273 g/mol. The minimum Gasteiger partial charge on any atom is -0.308 e. The van der Waals surface area contributed by atoms with Gasteiger partial charge in [0, 0.05) is 18.9 Å². The van der Waals surface area contributed by atoms with Gasteiger partial charge in [0.25, 0.3) is 0 Å². The molecule has 1 amide bonds. The molecule has 2 nitrogen and oxygen atoms in total. The van der Waals surface area contributed by atoms with Gasteiger partial charge in [-0.25, -0.2) is 4.39 Å². The van der Waals surface area contributed by atoms with Gasteiger partial charge in [-0.3, -0.25) is 4.79 Å². The number of benzene rings is 1. The third kappa shape index (κ3) is 1.83. The summed E-state index contributed by atoms with van der Waals surface area (Å²) < 4.78 is 14.1. The van der Waals surface area contributed by atoms with Crippen LogP contribution in [-0.2, 0) is 4.79 Å². The molecule has 1 heterocycles. The molecule has 82 valence electrons. The molecule has 2 rings (SSSR count). The van der Waals surface area contributed by atoms with Crippen molar-refractivity contribution in [1.29, 1.82) is 0 Å². The van der Waals surface area contributed by atoms with Crippen molar-refractivity contribution in [3.05, 3.63) is 28.5 Å². The van der Waals surface area contributed by atoms with E-state index in [1.807, 2.05) is 0 Å². The average Bonchev–Trinajstić information content (AvgIpc) is 2.64. The molecule has 1 aromatic rings. The van der Waals surface area contributed by atoms with Crippen LogP contribution in [0.2, 0.25) is 0 Å². The summed E-state index contributed by atoms with van der Waals surface area (Å²) in [6, 6.07) is 4.87. The highest BCUT2D eigenvalue weighted by Gasteiger charge is 2.31. The highest BCUT2D eigenvalue weighted by atomic mass is 79.9. The number of amides is 1. The number of carbonyl (C=O) groups is 1. The van der Waals surface area contributed by atoms with Crippen molar-refractivity contribution in [3.8, 4) is 12.3 Å². The number of anilines is 1. The largest absolute Gasteiger partial charge is 0.308 e. The molecular formula is C12H9BrFNO.